The second kappa shape index (κ2) is 10.7. The largest absolute Gasteiger partial charge is 0.466 e. The van der Waals surface area contributed by atoms with Crippen molar-refractivity contribution in [2.75, 3.05) is 42.6 Å². The Kier molecular flexibility index (Phi) is 7.91. The van der Waals surface area contributed by atoms with Crippen molar-refractivity contribution in [1.82, 2.24) is 4.90 Å². The van der Waals surface area contributed by atoms with Gasteiger partial charge < -0.3 is 29.3 Å². The van der Waals surface area contributed by atoms with E-state index in [1.807, 2.05) is 31.2 Å². The van der Waals surface area contributed by atoms with E-state index in [4.69, 9.17) is 9.47 Å². The van der Waals surface area contributed by atoms with E-state index in [2.05, 4.69) is 25.3 Å². The van der Waals surface area contributed by atoms with E-state index in [9.17, 15) is 19.5 Å². The van der Waals surface area contributed by atoms with Crippen LogP contribution in [0.15, 0.2) is 36.9 Å². The summed E-state index contributed by atoms with van der Waals surface area (Å²) in [6.07, 6.45) is 2.65. The first-order valence-electron chi connectivity index (χ1n) is 13.7. The summed E-state index contributed by atoms with van der Waals surface area (Å²) in [5, 5.41) is 10.1. The average Bonchev–Trinajstić information content (AvgIpc) is 3.48. The fourth-order valence-corrected chi connectivity index (χ4v) is 6.83. The minimum atomic E-state index is -1.18. The van der Waals surface area contributed by atoms with Gasteiger partial charge in [0.15, 0.2) is 0 Å². The number of hydrogen-bond acceptors (Lipinski definition) is 7. The summed E-state index contributed by atoms with van der Waals surface area (Å²) in [4.78, 5) is 46.8. The van der Waals surface area contributed by atoms with Crippen molar-refractivity contribution >= 4 is 29.2 Å². The third-order valence-corrected chi connectivity index (χ3v) is 8.60. The molecule has 0 aromatic heterocycles. The number of likely N-dealkylation sites (tertiary alicyclic amines) is 1. The number of esters is 1. The maximum Gasteiger partial charge on any atom is 0.312 e. The minimum absolute atomic E-state index is 0.190. The lowest BCUT2D eigenvalue weighted by Gasteiger charge is -2.38. The molecule has 6 atom stereocenters. The van der Waals surface area contributed by atoms with Gasteiger partial charge in [-0.1, -0.05) is 6.08 Å². The monoisotopic (exact) mass is 527 g/mol. The van der Waals surface area contributed by atoms with E-state index < -0.39 is 41.1 Å². The molecule has 0 saturated carbocycles. The topological polar surface area (TPSA) is 99.6 Å². The van der Waals surface area contributed by atoms with Gasteiger partial charge in [-0.05, 0) is 71.7 Å². The van der Waals surface area contributed by atoms with Gasteiger partial charge in [-0.15, -0.1) is 6.58 Å². The standard InChI is InChI=1S/C29H41N3O6/c1-7-17-31(21-13-11-20(12-14-21)30(8-2)9-3)26(35)24-29-16-15-28(6,38-29)23(27(36)37-10-4)22(29)25(34)32(24)19(5)18-33/h7,11-14,19,22-24,33H,1,8-10,15-18H2,2-6H3/t19-,22+,23-,24?,28+,29?/m1/s1. The molecule has 2 unspecified atom stereocenters. The Hall–Kier alpha value is -2.91. The van der Waals surface area contributed by atoms with Crippen molar-refractivity contribution in [3.05, 3.63) is 36.9 Å². The number of amides is 2. The van der Waals surface area contributed by atoms with Crippen LogP contribution in [0.2, 0.25) is 0 Å². The first kappa shape index (κ1) is 28.1. The number of benzene rings is 1. The molecule has 1 spiro atoms. The fraction of sp³-hybridized carbons (Fsp3) is 0.621. The Morgan fingerprint density at radius 2 is 1.84 bits per heavy atom. The second-order valence-electron chi connectivity index (χ2n) is 10.7. The van der Waals surface area contributed by atoms with E-state index in [0.717, 1.165) is 18.8 Å². The number of hydrogen-bond donors (Lipinski definition) is 1. The van der Waals surface area contributed by atoms with Gasteiger partial charge in [0.05, 0.1) is 30.8 Å². The normalized spacial score (nSPS) is 30.2. The summed E-state index contributed by atoms with van der Waals surface area (Å²) in [6, 6.07) is 6.13. The van der Waals surface area contributed by atoms with Gasteiger partial charge in [0, 0.05) is 31.0 Å². The van der Waals surface area contributed by atoms with E-state index in [1.54, 1.807) is 24.8 Å². The number of carbonyl (C=O) groups excluding carboxylic acids is 3. The smallest absolute Gasteiger partial charge is 0.312 e. The summed E-state index contributed by atoms with van der Waals surface area (Å²) in [5.74, 6) is -2.79. The van der Waals surface area contributed by atoms with E-state index in [-0.39, 0.29) is 31.6 Å². The number of aliphatic hydroxyl groups excluding tert-OH is 1. The molecule has 2 bridgehead atoms. The second-order valence-corrected chi connectivity index (χ2v) is 10.7. The summed E-state index contributed by atoms with van der Waals surface area (Å²) < 4.78 is 12.0. The lowest BCUT2D eigenvalue weighted by molar-refractivity contribution is -0.160. The van der Waals surface area contributed by atoms with Gasteiger partial charge in [-0.3, -0.25) is 14.4 Å². The Balaban J connectivity index is 1.77. The zero-order chi connectivity index (χ0) is 27.8. The highest BCUT2D eigenvalue weighted by molar-refractivity contribution is 6.05. The highest BCUT2D eigenvalue weighted by Crippen LogP contribution is 2.63. The van der Waals surface area contributed by atoms with Crippen LogP contribution in [0, 0.1) is 11.8 Å². The van der Waals surface area contributed by atoms with Crippen LogP contribution in [0.1, 0.15) is 47.5 Å². The van der Waals surface area contributed by atoms with Crippen molar-refractivity contribution in [3.63, 3.8) is 0 Å². The van der Waals surface area contributed by atoms with Crippen molar-refractivity contribution in [2.45, 2.75) is 70.7 Å². The molecule has 3 saturated heterocycles. The van der Waals surface area contributed by atoms with E-state index in [0.29, 0.717) is 18.5 Å². The predicted octanol–water partition coefficient (Wildman–Crippen LogP) is 2.76. The van der Waals surface area contributed by atoms with Crippen molar-refractivity contribution in [3.8, 4) is 0 Å². The van der Waals surface area contributed by atoms with Crippen molar-refractivity contribution < 1.29 is 29.0 Å². The Bertz CT molecular complexity index is 1070. The highest BCUT2D eigenvalue weighted by atomic mass is 16.6. The Morgan fingerprint density at radius 1 is 1.21 bits per heavy atom. The third kappa shape index (κ3) is 4.20. The maximum absolute atomic E-state index is 14.5. The molecule has 0 aliphatic carbocycles. The third-order valence-electron chi connectivity index (χ3n) is 8.60. The van der Waals surface area contributed by atoms with Crippen LogP contribution < -0.4 is 9.80 Å². The Morgan fingerprint density at radius 3 is 2.39 bits per heavy atom. The molecule has 2 amide bonds. The van der Waals surface area contributed by atoms with Crippen molar-refractivity contribution in [2.24, 2.45) is 11.8 Å². The number of ether oxygens (including phenoxy) is 2. The van der Waals surface area contributed by atoms with Gasteiger partial charge in [-0.2, -0.15) is 0 Å². The molecule has 208 valence electrons. The van der Waals surface area contributed by atoms with Crippen LogP contribution in [0.3, 0.4) is 0 Å². The molecule has 0 radical (unpaired) electrons. The van der Waals surface area contributed by atoms with Crippen molar-refractivity contribution in [1.29, 1.82) is 0 Å². The number of anilines is 2. The quantitative estimate of drug-likeness (QED) is 0.349. The lowest BCUT2D eigenvalue weighted by atomic mass is 9.66. The molecule has 1 aromatic carbocycles. The Labute approximate surface area is 225 Å². The molecule has 3 fully saturated rings. The predicted molar refractivity (Wildman–Crippen MR) is 145 cm³/mol. The van der Waals surface area contributed by atoms with Gasteiger partial charge in [0.2, 0.25) is 5.91 Å². The summed E-state index contributed by atoms with van der Waals surface area (Å²) in [5.41, 5.74) is -0.341. The maximum atomic E-state index is 14.5. The van der Waals surface area contributed by atoms with Gasteiger partial charge in [0.1, 0.15) is 17.6 Å². The minimum Gasteiger partial charge on any atom is -0.466 e. The van der Waals surface area contributed by atoms with Crippen LogP contribution in [0.25, 0.3) is 0 Å². The van der Waals surface area contributed by atoms with E-state index in [1.165, 1.54) is 4.90 Å². The average molecular weight is 528 g/mol. The van der Waals surface area contributed by atoms with Crippen LogP contribution in [0.4, 0.5) is 11.4 Å². The summed E-state index contributed by atoms with van der Waals surface area (Å²) in [6.45, 7) is 15.1. The van der Waals surface area contributed by atoms with E-state index >= 15 is 0 Å². The molecule has 3 aliphatic rings. The first-order chi connectivity index (χ1) is 18.1. The number of carbonyl (C=O) groups is 3. The SMILES string of the molecule is C=CCN(C(=O)C1N([C@H](C)CO)C(=O)[C@@H]2[C@H](C(=O)OCC)[C@]3(C)CCC12O3)c1ccc(N(CC)CC)cc1. The van der Waals surface area contributed by atoms with Gasteiger partial charge in [0.25, 0.3) is 5.91 Å². The van der Waals surface area contributed by atoms with Gasteiger partial charge in [-0.25, -0.2) is 0 Å². The molecule has 3 heterocycles. The molecule has 9 nitrogen and oxygen atoms in total. The molecule has 38 heavy (non-hydrogen) atoms. The number of aliphatic hydroxyl groups is 1. The zero-order valence-corrected chi connectivity index (χ0v) is 23.2. The summed E-state index contributed by atoms with van der Waals surface area (Å²) >= 11 is 0. The molecular weight excluding hydrogens is 486 g/mol. The molecule has 9 heteroatoms. The zero-order valence-electron chi connectivity index (χ0n) is 23.2. The van der Waals surface area contributed by atoms with Crippen LogP contribution >= 0.6 is 0 Å². The van der Waals surface area contributed by atoms with Crippen LogP contribution in [-0.2, 0) is 23.9 Å². The molecule has 4 rings (SSSR count). The number of nitrogens with zero attached hydrogens (tertiary/aromatic N) is 3. The molecule has 3 aliphatic heterocycles. The molecule has 1 N–H and O–H groups in total. The lowest BCUT2D eigenvalue weighted by Crippen LogP contribution is -2.58. The number of fused-ring (bicyclic) bond motifs is 1. The van der Waals surface area contributed by atoms with Crippen LogP contribution in [-0.4, -0.2) is 83.9 Å². The summed E-state index contributed by atoms with van der Waals surface area (Å²) in [7, 11) is 0. The number of rotatable bonds is 11. The molecule has 1 aromatic rings. The first-order valence-corrected chi connectivity index (χ1v) is 13.7. The van der Waals surface area contributed by atoms with Gasteiger partial charge >= 0.3 is 5.97 Å². The fourth-order valence-electron chi connectivity index (χ4n) is 6.83. The molecular formula is C29H41N3O6. The highest BCUT2D eigenvalue weighted by Gasteiger charge is 2.79. The van der Waals surface area contributed by atoms with Crippen LogP contribution in [0.5, 0.6) is 0 Å².